The number of benzene rings is 1. The zero-order valence-corrected chi connectivity index (χ0v) is 21.3. The number of rotatable bonds is 11. The molecule has 0 heterocycles. The van der Waals surface area contributed by atoms with Gasteiger partial charge < -0.3 is 20.9 Å². The molecule has 1 rings (SSSR count). The molecule has 1 aromatic rings. The molecule has 6 nitrogen and oxygen atoms in total. The fourth-order valence-electron chi connectivity index (χ4n) is 2.72. The van der Waals surface area contributed by atoms with Gasteiger partial charge in [-0.05, 0) is 63.7 Å². The van der Waals surface area contributed by atoms with Crippen LogP contribution in [0.5, 0.6) is 0 Å². The highest BCUT2D eigenvalue weighted by molar-refractivity contribution is 14.0. The Morgan fingerprint density at radius 2 is 1.75 bits per heavy atom. The van der Waals surface area contributed by atoms with Gasteiger partial charge >= 0.3 is 0 Å². The van der Waals surface area contributed by atoms with Crippen molar-refractivity contribution >= 4 is 51.8 Å². The van der Waals surface area contributed by atoms with Gasteiger partial charge in [0.1, 0.15) is 0 Å². The van der Waals surface area contributed by atoms with E-state index in [9.17, 15) is 4.79 Å². The van der Waals surface area contributed by atoms with Crippen molar-refractivity contribution in [2.45, 2.75) is 39.7 Å². The lowest BCUT2D eigenvalue weighted by Gasteiger charge is -2.21. The van der Waals surface area contributed by atoms with E-state index in [1.165, 1.54) is 0 Å². The second kappa shape index (κ2) is 16.0. The molecule has 0 radical (unpaired) electrons. The smallest absolute Gasteiger partial charge is 0.251 e. The van der Waals surface area contributed by atoms with Crippen LogP contribution in [-0.2, 0) is 0 Å². The number of aliphatic imine (C=N–C) groups is 1. The van der Waals surface area contributed by atoms with E-state index in [2.05, 4.69) is 62.5 Å². The molecule has 1 unspecified atom stereocenters. The van der Waals surface area contributed by atoms with Crippen molar-refractivity contribution in [2.24, 2.45) is 4.99 Å². The maximum atomic E-state index is 12.1. The second-order valence-electron chi connectivity index (χ2n) is 6.48. The van der Waals surface area contributed by atoms with Crippen LogP contribution in [-0.4, -0.2) is 62.6 Å². The van der Waals surface area contributed by atoms with Crippen LogP contribution < -0.4 is 16.0 Å². The lowest BCUT2D eigenvalue weighted by Crippen LogP contribution is -2.45. The molecule has 0 aliphatic carbocycles. The molecular weight excluding hydrogens is 533 g/mol. The molecule has 0 saturated heterocycles. The molecule has 1 aromatic carbocycles. The first-order valence-electron chi connectivity index (χ1n) is 9.73. The van der Waals surface area contributed by atoms with E-state index in [-0.39, 0.29) is 29.9 Å². The SMILES string of the molecule is CCN(CC)CCCC(C)NC(=NC)NCCNC(=O)c1ccc(Br)cc1.I. The van der Waals surface area contributed by atoms with Crippen LogP contribution in [0, 0.1) is 0 Å². The molecule has 8 heteroatoms. The van der Waals surface area contributed by atoms with Crippen LogP contribution in [0.25, 0.3) is 0 Å². The summed E-state index contributed by atoms with van der Waals surface area (Å²) in [4.78, 5) is 18.8. The number of hydrogen-bond acceptors (Lipinski definition) is 3. The van der Waals surface area contributed by atoms with E-state index in [1.54, 1.807) is 19.2 Å². The van der Waals surface area contributed by atoms with Gasteiger partial charge in [-0.25, -0.2) is 0 Å². The largest absolute Gasteiger partial charge is 0.355 e. The summed E-state index contributed by atoms with van der Waals surface area (Å²) in [6.07, 6.45) is 2.26. The summed E-state index contributed by atoms with van der Waals surface area (Å²) in [7, 11) is 1.76. The van der Waals surface area contributed by atoms with Crippen LogP contribution in [0.15, 0.2) is 33.7 Å². The van der Waals surface area contributed by atoms with Gasteiger partial charge in [0.05, 0.1) is 0 Å². The van der Waals surface area contributed by atoms with Gasteiger partial charge in [0.25, 0.3) is 5.91 Å². The van der Waals surface area contributed by atoms with Crippen molar-refractivity contribution in [1.82, 2.24) is 20.9 Å². The minimum atomic E-state index is -0.0722. The lowest BCUT2D eigenvalue weighted by molar-refractivity contribution is 0.0954. The summed E-state index contributed by atoms with van der Waals surface area (Å²) in [6, 6.07) is 7.67. The van der Waals surface area contributed by atoms with Gasteiger partial charge in [-0.2, -0.15) is 0 Å². The molecule has 1 atom stereocenters. The molecule has 0 spiro atoms. The number of nitrogens with zero attached hydrogens (tertiary/aromatic N) is 2. The predicted octanol–water partition coefficient (Wildman–Crippen LogP) is 3.47. The molecule has 0 saturated carbocycles. The highest BCUT2D eigenvalue weighted by Gasteiger charge is 2.07. The van der Waals surface area contributed by atoms with Crippen LogP contribution >= 0.6 is 39.9 Å². The number of carbonyl (C=O) groups excluding carboxylic acids is 1. The van der Waals surface area contributed by atoms with Gasteiger partial charge in [0.2, 0.25) is 0 Å². The van der Waals surface area contributed by atoms with Crippen LogP contribution in [0.3, 0.4) is 0 Å². The summed E-state index contributed by atoms with van der Waals surface area (Å²) in [5.41, 5.74) is 0.655. The first-order valence-corrected chi connectivity index (χ1v) is 10.5. The van der Waals surface area contributed by atoms with Gasteiger partial charge in [0, 0.05) is 36.2 Å². The van der Waals surface area contributed by atoms with E-state index in [4.69, 9.17) is 0 Å². The minimum Gasteiger partial charge on any atom is -0.355 e. The average molecular weight is 568 g/mol. The van der Waals surface area contributed by atoms with E-state index < -0.39 is 0 Å². The fraction of sp³-hybridized carbons (Fsp3) is 0.600. The normalized spacial score (nSPS) is 12.3. The fourth-order valence-corrected chi connectivity index (χ4v) is 2.99. The lowest BCUT2D eigenvalue weighted by atomic mass is 10.2. The van der Waals surface area contributed by atoms with Crippen molar-refractivity contribution in [3.63, 3.8) is 0 Å². The van der Waals surface area contributed by atoms with E-state index in [0.29, 0.717) is 24.7 Å². The number of amides is 1. The van der Waals surface area contributed by atoms with Gasteiger partial charge in [-0.3, -0.25) is 9.79 Å². The quantitative estimate of drug-likeness (QED) is 0.166. The molecule has 0 bridgehead atoms. The monoisotopic (exact) mass is 567 g/mol. The number of hydrogen-bond donors (Lipinski definition) is 3. The number of carbonyl (C=O) groups is 1. The zero-order chi connectivity index (χ0) is 20.1. The number of guanidine groups is 1. The molecule has 3 N–H and O–H groups in total. The van der Waals surface area contributed by atoms with Crippen molar-refractivity contribution in [2.75, 3.05) is 39.8 Å². The Morgan fingerprint density at radius 3 is 2.32 bits per heavy atom. The molecule has 160 valence electrons. The van der Waals surface area contributed by atoms with Crippen molar-refractivity contribution < 1.29 is 4.79 Å². The molecule has 0 aliphatic heterocycles. The van der Waals surface area contributed by atoms with E-state index >= 15 is 0 Å². The summed E-state index contributed by atoms with van der Waals surface area (Å²) < 4.78 is 0.960. The third-order valence-corrected chi connectivity index (χ3v) is 4.95. The van der Waals surface area contributed by atoms with Crippen LogP contribution in [0.4, 0.5) is 0 Å². The maximum Gasteiger partial charge on any atom is 0.251 e. The minimum absolute atomic E-state index is 0. The summed E-state index contributed by atoms with van der Waals surface area (Å²) in [5.74, 6) is 0.695. The zero-order valence-electron chi connectivity index (χ0n) is 17.4. The van der Waals surface area contributed by atoms with E-state index in [0.717, 1.165) is 42.9 Å². The first-order chi connectivity index (χ1) is 13.0. The average Bonchev–Trinajstić information content (AvgIpc) is 2.68. The topological polar surface area (TPSA) is 68.8 Å². The maximum absolute atomic E-state index is 12.1. The van der Waals surface area contributed by atoms with Crippen LogP contribution in [0.1, 0.15) is 44.0 Å². The number of nitrogens with one attached hydrogen (secondary N) is 3. The molecule has 0 fully saturated rings. The van der Waals surface area contributed by atoms with Gasteiger partial charge in [-0.15, -0.1) is 24.0 Å². The molecule has 0 aromatic heterocycles. The predicted molar refractivity (Wildman–Crippen MR) is 133 cm³/mol. The van der Waals surface area contributed by atoms with Gasteiger partial charge in [0.15, 0.2) is 5.96 Å². The van der Waals surface area contributed by atoms with Crippen LogP contribution in [0.2, 0.25) is 0 Å². The second-order valence-corrected chi connectivity index (χ2v) is 7.39. The Bertz CT molecular complexity index is 578. The standard InChI is InChI=1S/C20H34BrN5O.HI/c1-5-26(6-2)15-7-8-16(3)25-20(22-4)24-14-13-23-19(27)17-9-11-18(21)12-10-17;/h9-12,16H,5-8,13-15H2,1-4H3,(H,23,27)(H2,22,24,25);1H. The third kappa shape index (κ3) is 11.2. The van der Waals surface area contributed by atoms with Crippen molar-refractivity contribution in [3.05, 3.63) is 34.3 Å². The van der Waals surface area contributed by atoms with Gasteiger partial charge in [-0.1, -0.05) is 29.8 Å². The summed E-state index contributed by atoms with van der Waals surface area (Å²) in [5, 5.41) is 9.55. The Labute approximate surface area is 195 Å². The summed E-state index contributed by atoms with van der Waals surface area (Å²) >= 11 is 3.37. The molecule has 1 amide bonds. The molecule has 0 aliphatic rings. The first kappa shape index (κ1) is 27.1. The molecule has 28 heavy (non-hydrogen) atoms. The highest BCUT2D eigenvalue weighted by Crippen LogP contribution is 2.10. The Kier molecular flexibility index (Phi) is 15.5. The Balaban J connectivity index is 0.00000729. The Hall–Kier alpha value is -0.870. The Morgan fingerprint density at radius 1 is 1.14 bits per heavy atom. The summed E-state index contributed by atoms with van der Waals surface area (Å²) in [6.45, 7) is 11.1. The highest BCUT2D eigenvalue weighted by atomic mass is 127. The van der Waals surface area contributed by atoms with Crippen molar-refractivity contribution in [3.8, 4) is 0 Å². The molecular formula is C20H35BrIN5O. The third-order valence-electron chi connectivity index (χ3n) is 4.42. The number of halogens is 2. The van der Waals surface area contributed by atoms with E-state index in [1.807, 2.05) is 12.1 Å². The van der Waals surface area contributed by atoms with Crippen molar-refractivity contribution in [1.29, 1.82) is 0 Å².